The third-order valence-electron chi connectivity index (χ3n) is 3.58. The molecule has 0 atom stereocenters. The van der Waals surface area contributed by atoms with Crippen molar-refractivity contribution in [2.45, 2.75) is 20.4 Å². The summed E-state index contributed by atoms with van der Waals surface area (Å²) in [5.41, 5.74) is 3.24. The number of hydrogen-bond donors (Lipinski definition) is 1. The lowest BCUT2D eigenvalue weighted by molar-refractivity contribution is -0.111. The maximum absolute atomic E-state index is 11.9. The number of hydrogen-bond acceptors (Lipinski definition) is 4. The van der Waals surface area contributed by atoms with Crippen molar-refractivity contribution in [3.8, 4) is 0 Å². The van der Waals surface area contributed by atoms with E-state index < -0.39 is 0 Å². The van der Waals surface area contributed by atoms with Gasteiger partial charge in [-0.15, -0.1) is 11.3 Å². The summed E-state index contributed by atoms with van der Waals surface area (Å²) in [6, 6.07) is 5.90. The van der Waals surface area contributed by atoms with Crippen LogP contribution in [0.25, 0.3) is 6.08 Å². The Morgan fingerprint density at radius 2 is 2.35 bits per heavy atom. The Labute approximate surface area is 138 Å². The Balaban J connectivity index is 1.73. The lowest BCUT2D eigenvalue weighted by Crippen LogP contribution is -2.07. The van der Waals surface area contributed by atoms with Crippen molar-refractivity contribution < 1.29 is 9.21 Å². The molecular formula is C17H17N3O2S. The first kappa shape index (κ1) is 15.3. The molecule has 0 aliphatic carbocycles. The lowest BCUT2D eigenvalue weighted by atomic mass is 10.2. The summed E-state index contributed by atoms with van der Waals surface area (Å²) in [5, 5.41) is 5.15. The van der Waals surface area contributed by atoms with E-state index in [-0.39, 0.29) is 5.91 Å². The van der Waals surface area contributed by atoms with Crippen LogP contribution in [0, 0.1) is 13.8 Å². The molecule has 118 valence electrons. The highest BCUT2D eigenvalue weighted by Gasteiger charge is 2.09. The average molecular weight is 327 g/mol. The highest BCUT2D eigenvalue weighted by atomic mass is 32.1. The van der Waals surface area contributed by atoms with Crippen molar-refractivity contribution in [3.05, 3.63) is 64.8 Å². The number of furan rings is 1. The van der Waals surface area contributed by atoms with Crippen LogP contribution in [0.3, 0.4) is 0 Å². The number of carbonyl (C=O) groups excluding carboxylic acids is 1. The van der Waals surface area contributed by atoms with E-state index in [1.165, 1.54) is 17.4 Å². The minimum Gasteiger partial charge on any atom is -0.467 e. The quantitative estimate of drug-likeness (QED) is 0.724. The number of rotatable bonds is 5. The summed E-state index contributed by atoms with van der Waals surface area (Å²) in [5.74, 6) is 0.722. The molecule has 3 heterocycles. The summed E-state index contributed by atoms with van der Waals surface area (Å²) in [7, 11) is 0. The van der Waals surface area contributed by atoms with Gasteiger partial charge in [0.2, 0.25) is 5.91 Å². The van der Waals surface area contributed by atoms with E-state index in [2.05, 4.69) is 20.9 Å². The van der Waals surface area contributed by atoms with E-state index in [4.69, 9.17) is 4.42 Å². The minimum absolute atomic E-state index is 0.184. The first-order valence-electron chi connectivity index (χ1n) is 7.21. The van der Waals surface area contributed by atoms with E-state index in [1.807, 2.05) is 37.4 Å². The zero-order chi connectivity index (χ0) is 16.2. The van der Waals surface area contributed by atoms with E-state index in [0.717, 1.165) is 22.7 Å². The summed E-state index contributed by atoms with van der Waals surface area (Å²) in [6.07, 6.45) is 6.68. The molecule has 0 aliphatic rings. The summed E-state index contributed by atoms with van der Waals surface area (Å²) in [6.45, 7) is 4.76. The Kier molecular flexibility index (Phi) is 4.43. The second kappa shape index (κ2) is 6.66. The molecule has 0 aliphatic heterocycles. The monoisotopic (exact) mass is 327 g/mol. The molecule has 0 spiro atoms. The fourth-order valence-corrected chi connectivity index (χ4v) is 2.93. The number of aryl methyl sites for hydroxylation is 1. The van der Waals surface area contributed by atoms with Crippen molar-refractivity contribution >= 4 is 28.5 Å². The van der Waals surface area contributed by atoms with Crippen LogP contribution in [0.15, 0.2) is 46.5 Å². The van der Waals surface area contributed by atoms with Crippen molar-refractivity contribution in [3.63, 3.8) is 0 Å². The number of thiazole rings is 1. The first-order chi connectivity index (χ1) is 11.1. The van der Waals surface area contributed by atoms with Crippen LogP contribution in [-0.4, -0.2) is 15.5 Å². The standard InChI is InChI=1S/C17H17N3O2S/c1-12-10-14(5-6-16(21)19-17-18-7-9-23-17)13(2)20(12)11-15-4-3-8-22-15/h3-10H,11H2,1-2H3,(H,18,19,21)/b6-5+. The maximum Gasteiger partial charge on any atom is 0.250 e. The maximum atomic E-state index is 11.9. The van der Waals surface area contributed by atoms with Gasteiger partial charge in [0, 0.05) is 29.0 Å². The Bertz CT molecular complexity index is 815. The molecule has 0 radical (unpaired) electrons. The molecule has 0 aromatic carbocycles. The van der Waals surface area contributed by atoms with Gasteiger partial charge < -0.3 is 8.98 Å². The Morgan fingerprint density at radius 1 is 1.48 bits per heavy atom. The molecule has 3 aromatic heterocycles. The zero-order valence-corrected chi connectivity index (χ0v) is 13.8. The predicted molar refractivity (Wildman–Crippen MR) is 91.5 cm³/mol. The predicted octanol–water partition coefficient (Wildman–Crippen LogP) is 3.85. The van der Waals surface area contributed by atoms with Gasteiger partial charge >= 0.3 is 0 Å². The average Bonchev–Trinajstić information content (AvgIpc) is 3.25. The van der Waals surface area contributed by atoms with Gasteiger partial charge in [0.1, 0.15) is 5.76 Å². The van der Waals surface area contributed by atoms with Crippen molar-refractivity contribution in [1.82, 2.24) is 9.55 Å². The summed E-state index contributed by atoms with van der Waals surface area (Å²) >= 11 is 1.39. The third-order valence-corrected chi connectivity index (χ3v) is 4.27. The van der Waals surface area contributed by atoms with Crippen LogP contribution in [0.2, 0.25) is 0 Å². The fraction of sp³-hybridized carbons (Fsp3) is 0.176. The highest BCUT2D eigenvalue weighted by molar-refractivity contribution is 7.13. The highest BCUT2D eigenvalue weighted by Crippen LogP contribution is 2.19. The molecule has 0 saturated carbocycles. The van der Waals surface area contributed by atoms with Gasteiger partial charge in [-0.1, -0.05) is 0 Å². The van der Waals surface area contributed by atoms with Gasteiger partial charge in [-0.25, -0.2) is 4.98 Å². The molecule has 1 amide bonds. The van der Waals surface area contributed by atoms with Crippen molar-refractivity contribution in [2.24, 2.45) is 0 Å². The molecule has 0 bridgehead atoms. The van der Waals surface area contributed by atoms with Crippen molar-refractivity contribution in [2.75, 3.05) is 5.32 Å². The molecule has 6 heteroatoms. The molecule has 3 aromatic rings. The van der Waals surface area contributed by atoms with E-state index in [0.29, 0.717) is 11.7 Å². The molecule has 23 heavy (non-hydrogen) atoms. The Hall–Kier alpha value is -2.60. The second-order valence-electron chi connectivity index (χ2n) is 5.15. The smallest absolute Gasteiger partial charge is 0.250 e. The van der Waals surface area contributed by atoms with Crippen LogP contribution >= 0.6 is 11.3 Å². The zero-order valence-electron chi connectivity index (χ0n) is 12.9. The van der Waals surface area contributed by atoms with Gasteiger partial charge in [0.05, 0.1) is 12.8 Å². The number of aromatic nitrogens is 2. The van der Waals surface area contributed by atoms with Gasteiger partial charge in [0.15, 0.2) is 5.13 Å². The molecule has 5 nitrogen and oxygen atoms in total. The first-order valence-corrected chi connectivity index (χ1v) is 8.09. The van der Waals surface area contributed by atoms with E-state index >= 15 is 0 Å². The molecular weight excluding hydrogens is 310 g/mol. The normalized spacial score (nSPS) is 11.2. The van der Waals surface area contributed by atoms with Crippen LogP contribution in [0.1, 0.15) is 22.7 Å². The molecule has 0 saturated heterocycles. The number of nitrogens with one attached hydrogen (secondary N) is 1. The molecule has 1 N–H and O–H groups in total. The van der Waals surface area contributed by atoms with Crippen LogP contribution < -0.4 is 5.32 Å². The topological polar surface area (TPSA) is 60.1 Å². The molecule has 0 fully saturated rings. The summed E-state index contributed by atoms with van der Waals surface area (Å²) in [4.78, 5) is 15.9. The summed E-state index contributed by atoms with van der Waals surface area (Å²) < 4.78 is 7.57. The molecule has 0 unspecified atom stereocenters. The van der Waals surface area contributed by atoms with Gasteiger partial charge in [-0.3, -0.25) is 10.1 Å². The van der Waals surface area contributed by atoms with E-state index in [9.17, 15) is 4.79 Å². The number of nitrogens with zero attached hydrogens (tertiary/aromatic N) is 2. The second-order valence-corrected chi connectivity index (χ2v) is 6.05. The SMILES string of the molecule is Cc1cc(/C=C/C(=O)Nc2nccs2)c(C)n1Cc1ccco1. The fourth-order valence-electron chi connectivity index (χ4n) is 2.40. The van der Waals surface area contributed by atoms with Crippen LogP contribution in [0.5, 0.6) is 0 Å². The molecule has 3 rings (SSSR count). The number of anilines is 1. The third kappa shape index (κ3) is 3.60. The van der Waals surface area contributed by atoms with Crippen LogP contribution in [-0.2, 0) is 11.3 Å². The van der Waals surface area contributed by atoms with Crippen molar-refractivity contribution in [1.29, 1.82) is 0 Å². The number of carbonyl (C=O) groups is 1. The van der Waals surface area contributed by atoms with Gasteiger partial charge in [0.25, 0.3) is 0 Å². The largest absolute Gasteiger partial charge is 0.467 e. The van der Waals surface area contributed by atoms with Gasteiger partial charge in [-0.05, 0) is 43.7 Å². The van der Waals surface area contributed by atoms with Gasteiger partial charge in [-0.2, -0.15) is 0 Å². The minimum atomic E-state index is -0.184. The lowest BCUT2D eigenvalue weighted by Gasteiger charge is -2.07. The van der Waals surface area contributed by atoms with Crippen LogP contribution in [0.4, 0.5) is 5.13 Å². The Morgan fingerprint density at radius 3 is 3.04 bits per heavy atom. The number of amides is 1. The van der Waals surface area contributed by atoms with E-state index in [1.54, 1.807) is 12.5 Å².